The molecule has 2 unspecified atom stereocenters. The quantitative estimate of drug-likeness (QED) is 0.944. The van der Waals surface area contributed by atoms with Crippen molar-refractivity contribution in [3.8, 4) is 0 Å². The Balaban J connectivity index is 1.42. The minimum absolute atomic E-state index is 0.0652. The number of nitrogens with two attached hydrogens (primary N) is 1. The van der Waals surface area contributed by atoms with Gasteiger partial charge in [-0.3, -0.25) is 9.59 Å². The average Bonchev–Trinajstić information content (AvgIpc) is 3.41. The molecule has 2 N–H and O–H groups in total. The lowest BCUT2D eigenvalue weighted by Gasteiger charge is -2.30. The van der Waals surface area contributed by atoms with Crippen LogP contribution in [0, 0.1) is 11.8 Å². The summed E-state index contributed by atoms with van der Waals surface area (Å²) >= 11 is 0. The molecule has 1 aliphatic heterocycles. The molecule has 4 heteroatoms. The molecule has 1 aliphatic carbocycles. The molecule has 1 heterocycles. The molecule has 0 radical (unpaired) electrons. The lowest BCUT2D eigenvalue weighted by atomic mass is 9.96. The van der Waals surface area contributed by atoms with Gasteiger partial charge in [0.05, 0.1) is 0 Å². The summed E-state index contributed by atoms with van der Waals surface area (Å²) < 4.78 is 0. The highest BCUT2D eigenvalue weighted by Crippen LogP contribution is 2.49. The van der Waals surface area contributed by atoms with Crippen LogP contribution >= 0.6 is 0 Å². The van der Waals surface area contributed by atoms with Gasteiger partial charge in [-0.2, -0.15) is 0 Å². The van der Waals surface area contributed by atoms with Crippen molar-refractivity contribution >= 4 is 22.6 Å². The molecule has 0 bridgehead atoms. The Morgan fingerprint density at radius 3 is 2.42 bits per heavy atom. The van der Waals surface area contributed by atoms with E-state index in [9.17, 15) is 9.59 Å². The number of carbonyl (C=O) groups excluding carboxylic acids is 2. The summed E-state index contributed by atoms with van der Waals surface area (Å²) in [5.41, 5.74) is 6.63. The molecule has 1 saturated heterocycles. The Bertz CT molecular complexity index is 793. The highest BCUT2D eigenvalue weighted by molar-refractivity contribution is 5.86. The Morgan fingerprint density at radius 2 is 1.71 bits per heavy atom. The van der Waals surface area contributed by atoms with E-state index in [1.165, 1.54) is 16.3 Å². The number of benzene rings is 2. The smallest absolute Gasteiger partial charge is 0.226 e. The van der Waals surface area contributed by atoms with Crippen molar-refractivity contribution in [2.75, 3.05) is 13.1 Å². The molecule has 24 heavy (non-hydrogen) atoms. The zero-order chi connectivity index (χ0) is 16.7. The van der Waals surface area contributed by atoms with Crippen LogP contribution < -0.4 is 5.73 Å². The molecular weight excluding hydrogens is 300 g/mol. The molecule has 124 valence electrons. The summed E-state index contributed by atoms with van der Waals surface area (Å²) in [6, 6.07) is 14.8. The van der Waals surface area contributed by atoms with E-state index in [-0.39, 0.29) is 23.7 Å². The topological polar surface area (TPSA) is 63.4 Å². The summed E-state index contributed by atoms with van der Waals surface area (Å²) in [5, 5.41) is 2.47. The van der Waals surface area contributed by atoms with Crippen molar-refractivity contribution in [1.29, 1.82) is 0 Å². The summed E-state index contributed by atoms with van der Waals surface area (Å²) in [7, 11) is 0. The van der Waals surface area contributed by atoms with Crippen molar-refractivity contribution in [2.24, 2.45) is 17.6 Å². The van der Waals surface area contributed by atoms with E-state index >= 15 is 0 Å². The van der Waals surface area contributed by atoms with Crippen LogP contribution in [0.5, 0.6) is 0 Å². The first-order valence-corrected chi connectivity index (χ1v) is 8.70. The van der Waals surface area contributed by atoms with Crippen LogP contribution in [0.1, 0.15) is 30.7 Å². The maximum absolute atomic E-state index is 12.7. The molecule has 2 fully saturated rings. The number of amides is 2. The van der Waals surface area contributed by atoms with Crippen LogP contribution in [0.2, 0.25) is 0 Å². The fourth-order valence-corrected chi connectivity index (χ4v) is 3.89. The number of fused-ring (bicyclic) bond motifs is 1. The Kier molecular flexibility index (Phi) is 3.75. The van der Waals surface area contributed by atoms with Gasteiger partial charge in [-0.1, -0.05) is 42.5 Å². The molecule has 0 aromatic heterocycles. The fourth-order valence-electron chi connectivity index (χ4n) is 3.89. The second kappa shape index (κ2) is 5.93. The third kappa shape index (κ3) is 2.77. The Labute approximate surface area is 141 Å². The number of primary amides is 1. The number of carbonyl (C=O) groups is 2. The van der Waals surface area contributed by atoms with Crippen LogP contribution in [0.3, 0.4) is 0 Å². The van der Waals surface area contributed by atoms with Crippen molar-refractivity contribution in [2.45, 2.75) is 25.2 Å². The summed E-state index contributed by atoms with van der Waals surface area (Å²) in [4.78, 5) is 25.9. The molecule has 2 amide bonds. The van der Waals surface area contributed by atoms with Crippen molar-refractivity contribution in [3.63, 3.8) is 0 Å². The highest BCUT2D eigenvalue weighted by Gasteiger charge is 2.46. The second-order valence-corrected chi connectivity index (χ2v) is 7.06. The maximum Gasteiger partial charge on any atom is 0.226 e. The van der Waals surface area contributed by atoms with E-state index in [0.29, 0.717) is 31.8 Å². The molecule has 2 aliphatic rings. The fraction of sp³-hybridized carbons (Fsp3) is 0.400. The van der Waals surface area contributed by atoms with E-state index in [1.54, 1.807) is 0 Å². The standard InChI is InChI=1S/C20H22N2O2/c21-19(23)14-7-9-22(10-8-14)20(24)18-12-17(18)16-6-5-13-3-1-2-4-15(13)11-16/h1-6,11,14,17-18H,7-10,12H2,(H2,21,23). The van der Waals surface area contributed by atoms with E-state index < -0.39 is 0 Å². The number of hydrogen-bond donors (Lipinski definition) is 1. The summed E-state index contributed by atoms with van der Waals surface area (Å²) in [6.07, 6.45) is 2.34. The average molecular weight is 322 g/mol. The lowest BCUT2D eigenvalue weighted by Crippen LogP contribution is -2.42. The van der Waals surface area contributed by atoms with E-state index in [1.807, 2.05) is 17.0 Å². The third-order valence-corrected chi connectivity index (χ3v) is 5.52. The molecule has 4 nitrogen and oxygen atoms in total. The van der Waals surface area contributed by atoms with Crippen LogP contribution in [0.25, 0.3) is 10.8 Å². The highest BCUT2D eigenvalue weighted by atomic mass is 16.2. The first-order chi connectivity index (χ1) is 11.6. The van der Waals surface area contributed by atoms with E-state index in [4.69, 9.17) is 5.73 Å². The van der Waals surface area contributed by atoms with Gasteiger partial charge in [-0.05, 0) is 41.5 Å². The van der Waals surface area contributed by atoms with Gasteiger partial charge in [-0.25, -0.2) is 0 Å². The SMILES string of the molecule is NC(=O)C1CCN(C(=O)C2CC2c2ccc3ccccc3c2)CC1. The van der Waals surface area contributed by atoms with E-state index in [2.05, 4.69) is 30.3 Å². The number of piperidine rings is 1. The largest absolute Gasteiger partial charge is 0.369 e. The first kappa shape index (κ1) is 15.2. The minimum Gasteiger partial charge on any atom is -0.369 e. The molecule has 2 aromatic carbocycles. The number of hydrogen-bond acceptors (Lipinski definition) is 2. The van der Waals surface area contributed by atoms with Crippen LogP contribution in [0.4, 0.5) is 0 Å². The van der Waals surface area contributed by atoms with Gasteiger partial charge in [0.15, 0.2) is 0 Å². The van der Waals surface area contributed by atoms with Gasteiger partial charge in [0.2, 0.25) is 11.8 Å². The third-order valence-electron chi connectivity index (χ3n) is 5.52. The molecule has 0 spiro atoms. The van der Waals surface area contributed by atoms with Gasteiger partial charge in [0.1, 0.15) is 0 Å². The predicted molar refractivity (Wildman–Crippen MR) is 93.3 cm³/mol. The van der Waals surface area contributed by atoms with Gasteiger partial charge < -0.3 is 10.6 Å². The van der Waals surface area contributed by atoms with Crippen LogP contribution in [-0.4, -0.2) is 29.8 Å². The van der Waals surface area contributed by atoms with Crippen molar-refractivity contribution in [1.82, 2.24) is 4.90 Å². The lowest BCUT2D eigenvalue weighted by molar-refractivity contribution is -0.136. The Morgan fingerprint density at radius 1 is 1.00 bits per heavy atom. The zero-order valence-electron chi connectivity index (χ0n) is 13.7. The molecular formula is C20H22N2O2. The van der Waals surface area contributed by atoms with Crippen molar-refractivity contribution in [3.05, 3.63) is 48.0 Å². The second-order valence-electron chi connectivity index (χ2n) is 7.06. The van der Waals surface area contributed by atoms with Crippen molar-refractivity contribution < 1.29 is 9.59 Å². The molecule has 4 rings (SSSR count). The van der Waals surface area contributed by atoms with Gasteiger partial charge >= 0.3 is 0 Å². The van der Waals surface area contributed by atoms with Gasteiger partial charge in [-0.15, -0.1) is 0 Å². The molecule has 2 atom stereocenters. The predicted octanol–water partition coefficient (Wildman–Crippen LogP) is 2.67. The summed E-state index contributed by atoms with van der Waals surface area (Å²) in [5.74, 6) is 0.399. The monoisotopic (exact) mass is 322 g/mol. The first-order valence-electron chi connectivity index (χ1n) is 8.70. The zero-order valence-corrected chi connectivity index (χ0v) is 13.7. The molecule has 2 aromatic rings. The van der Waals surface area contributed by atoms with Crippen LogP contribution in [0.15, 0.2) is 42.5 Å². The minimum atomic E-state index is -0.234. The number of likely N-dealkylation sites (tertiary alicyclic amines) is 1. The van der Waals surface area contributed by atoms with E-state index in [0.717, 1.165) is 6.42 Å². The van der Waals surface area contributed by atoms with Gasteiger partial charge in [0.25, 0.3) is 0 Å². The summed E-state index contributed by atoms with van der Waals surface area (Å²) in [6.45, 7) is 1.32. The Hall–Kier alpha value is -2.36. The van der Waals surface area contributed by atoms with Crippen LogP contribution in [-0.2, 0) is 9.59 Å². The normalized spacial score (nSPS) is 24.1. The molecule has 1 saturated carbocycles. The number of rotatable bonds is 3. The maximum atomic E-state index is 12.7. The number of nitrogens with zero attached hydrogens (tertiary/aromatic N) is 1. The van der Waals surface area contributed by atoms with Gasteiger partial charge in [0, 0.05) is 24.9 Å².